The van der Waals surface area contributed by atoms with E-state index in [0.29, 0.717) is 49.3 Å². The number of aromatic carboxylic acids is 1. The van der Waals surface area contributed by atoms with Gasteiger partial charge in [-0.15, -0.1) is 12.4 Å². The van der Waals surface area contributed by atoms with Crippen LogP contribution in [0.1, 0.15) is 130 Å². The molecule has 0 unspecified atom stereocenters. The molecule has 0 aliphatic heterocycles. The molecule has 12 aromatic rings. The number of nitrogen functional groups attached to an aromatic ring is 2. The van der Waals surface area contributed by atoms with E-state index in [9.17, 15) is 79.2 Å². The molecule has 0 saturated heterocycles. The highest BCUT2D eigenvalue weighted by Gasteiger charge is 2.26. The minimum absolute atomic E-state index is 0. The number of halogens is 5. The van der Waals surface area contributed by atoms with Crippen molar-refractivity contribution in [2.24, 2.45) is 11.7 Å². The number of carboxylic acid groups (broad SMARTS) is 1. The van der Waals surface area contributed by atoms with Crippen LogP contribution in [-0.2, 0) is 67.3 Å². The van der Waals surface area contributed by atoms with Crippen molar-refractivity contribution < 1.29 is 126 Å². The van der Waals surface area contributed by atoms with Crippen LogP contribution in [0, 0.1) is 0 Å². The number of carboxylic acids is 1. The first-order chi connectivity index (χ1) is 59.3. The van der Waals surface area contributed by atoms with E-state index in [1.54, 1.807) is 102 Å². The van der Waals surface area contributed by atoms with Gasteiger partial charge in [-0.2, -0.15) is 15.3 Å². The lowest BCUT2D eigenvalue weighted by Crippen LogP contribution is -2.31. The maximum Gasteiger partial charge on any atom is 0.417 e. The number of sulfone groups is 2. The van der Waals surface area contributed by atoms with Gasteiger partial charge < -0.3 is 57.5 Å². The van der Waals surface area contributed by atoms with Crippen LogP contribution in [0.25, 0.3) is 28.5 Å². The van der Waals surface area contributed by atoms with Gasteiger partial charge in [0.25, 0.3) is 11.8 Å². The molecule has 38 nitrogen and oxygen atoms in total. The van der Waals surface area contributed by atoms with E-state index in [-0.39, 0.29) is 101 Å². The number of para-hydroxylation sites is 4. The Labute approximate surface area is 765 Å². The lowest BCUT2D eigenvalue weighted by molar-refractivity contribution is -0.164. The number of hydrazine groups is 2. The number of aromatic nitrogens is 6. The number of ether oxygens (including phenoxy) is 6. The van der Waals surface area contributed by atoms with E-state index >= 15 is 0 Å². The number of carbonyl (C=O) groups excluding carboxylic acids is 12. The number of hydrogen-bond donors (Lipinski definition) is 6. The zero-order chi connectivity index (χ0) is 92.8. The fourth-order valence-corrected chi connectivity index (χ4v) is 11.5. The van der Waals surface area contributed by atoms with Crippen LogP contribution in [0.4, 0.5) is 5.69 Å². The Morgan fingerprint density at radius 3 is 1.21 bits per heavy atom. The highest BCUT2D eigenvalue weighted by atomic mass is 35.5. The molecule has 45 heteroatoms. The molecular formula is C84H88Cl5N11O27S2. The lowest BCUT2D eigenvalue weighted by atomic mass is 10.1. The molecule has 6 aromatic carbocycles. The lowest BCUT2D eigenvalue weighted by Gasteiger charge is -2.09. The molecule has 2 amide bonds. The number of amides is 2. The molecule has 8 N–H and O–H groups in total. The number of Topliss-reactive ketones (excluding diaryl/α,β-unsaturated/α-hetero) is 4. The minimum Gasteiger partial charge on any atom is -0.477 e. The highest BCUT2D eigenvalue weighted by molar-refractivity contribution is 7.91. The van der Waals surface area contributed by atoms with Crippen molar-refractivity contribution in [1.82, 2.24) is 40.1 Å². The number of nitrogens with two attached hydrogens (primary N) is 2. The summed E-state index contributed by atoms with van der Waals surface area (Å²) in [6, 6.07) is 52.7. The number of benzene rings is 6. The summed E-state index contributed by atoms with van der Waals surface area (Å²) < 4.78 is 90.4. The van der Waals surface area contributed by atoms with Crippen molar-refractivity contribution in [2.75, 3.05) is 67.1 Å². The number of nitrogens with one attached hydrogen (secondary N) is 3. The maximum absolute atomic E-state index is 12.8. The maximum atomic E-state index is 12.8. The molecule has 129 heavy (non-hydrogen) atoms. The standard InChI is InChI=1S/C21H18ClN3O6S.C15H11ClN2O3.C12H9ClN2O4.C9H8O5.C8H10N2O3S.C6H7ClN2.C6H6O2.C4H6O4.3CH4.ClH/c1-31-21(28)16-11-18(25(24-16)17-9-4-3-8-15(17)22)20(27)23-12-19(26)13-6-5-7-14(10-13)32(2,29)30;1-20-15(19)11-9-13(14-7-4-8-21-14)18(17-11)12-6-3-2-5-10(12)16;1-19-12(18)8-6-10(11(16)17)15(14-8)9-5-3-2-4-7(9)13;1-13-9(12)7(11)5-6(10)8-3-2-4-14-8;1-14(12,13)7-4-2-3-6(5-7)8(11)10-9;7-5-3-1-2-4-6(5)9-8;1-5(7)6-3-2-4-8-6;1-7-3(5)4(6)8-2;;;;/h3-11H,12H2,1-2H3,(H,23,27);2-9H,1H3;2-6H,1H3,(H,16,17);2-4H,5H2,1H3;2-5H,9H2,1H3,(H,10,11);1-4,9H,8H2;2-4H,1H3;1-2H3;3*1H4;1H. The van der Waals surface area contributed by atoms with Gasteiger partial charge >= 0.3 is 41.8 Å². The minimum atomic E-state index is -3.49. The monoisotopic (exact) mass is 1920 g/mol. The van der Waals surface area contributed by atoms with Crippen LogP contribution < -0.4 is 27.9 Å². The first-order valence-electron chi connectivity index (χ1n) is 34.9. The van der Waals surface area contributed by atoms with E-state index in [0.717, 1.165) is 50.3 Å². The fourth-order valence-electron chi connectivity index (χ4n) is 9.38. The van der Waals surface area contributed by atoms with E-state index in [2.05, 4.69) is 49.7 Å². The van der Waals surface area contributed by atoms with Gasteiger partial charge in [-0.25, -0.2) is 70.3 Å². The number of rotatable bonds is 21. The third kappa shape index (κ3) is 34.2. The molecule has 0 atom stereocenters. The number of furan rings is 3. The van der Waals surface area contributed by atoms with Gasteiger partial charge in [0, 0.05) is 48.8 Å². The third-order valence-corrected chi connectivity index (χ3v) is 18.9. The molecule has 6 heterocycles. The predicted octanol–water partition coefficient (Wildman–Crippen LogP) is 13.0. The van der Waals surface area contributed by atoms with Crippen LogP contribution in [-0.4, -0.2) is 190 Å². The van der Waals surface area contributed by atoms with E-state index < -0.39 is 104 Å². The van der Waals surface area contributed by atoms with E-state index in [1.807, 2.05) is 41.8 Å². The summed E-state index contributed by atoms with van der Waals surface area (Å²) in [6.07, 6.45) is 5.93. The summed E-state index contributed by atoms with van der Waals surface area (Å²) in [4.78, 5) is 146. The quantitative estimate of drug-likeness (QED) is 0.00568. The van der Waals surface area contributed by atoms with Crippen LogP contribution in [0.3, 0.4) is 0 Å². The number of carbonyl (C=O) groups is 13. The summed E-state index contributed by atoms with van der Waals surface area (Å²) in [5, 5.41) is 25.6. The third-order valence-electron chi connectivity index (χ3n) is 15.4. The predicted molar refractivity (Wildman–Crippen MR) is 476 cm³/mol. The molecule has 0 saturated carbocycles. The van der Waals surface area contributed by atoms with Crippen LogP contribution in [0.15, 0.2) is 242 Å². The number of ketones is 4. The topological polar surface area (TPSA) is 547 Å². The summed E-state index contributed by atoms with van der Waals surface area (Å²) in [5.41, 5.74) is 7.23. The SMILES string of the molecule is C.C.C.CC(=O)c1ccco1.COC(=O)C(=O)CC(=O)c1ccco1.COC(=O)C(=O)OC.COC(=O)c1cc(-c2ccco2)n(-c2ccccc2Cl)n1.COC(=O)c1cc(C(=O)NCC(=O)c2cccc(S(C)(=O)=O)c2)n(-c2ccccc2Cl)n1.COC(=O)c1cc(C(=O)O)n(-c2ccccc2Cl)n1.CS(=O)(=O)c1cccc(C(=O)NN)c1.Cl.NNc1ccccc1Cl. The summed E-state index contributed by atoms with van der Waals surface area (Å²) >= 11 is 24.1. The average molecular weight is 1930 g/mol. The molecular weight excluding hydrogens is 1840 g/mol. The first kappa shape index (κ1) is 113. The summed E-state index contributed by atoms with van der Waals surface area (Å²) in [7, 11) is 0.206. The van der Waals surface area contributed by atoms with E-state index in [1.165, 1.54) is 112 Å². The van der Waals surface area contributed by atoms with Crippen molar-refractivity contribution in [3.8, 4) is 28.5 Å². The van der Waals surface area contributed by atoms with Gasteiger partial charge in [0.05, 0.1) is 127 Å². The molecule has 0 spiro atoms. The molecule has 0 radical (unpaired) electrons. The van der Waals surface area contributed by atoms with Crippen molar-refractivity contribution in [3.63, 3.8) is 0 Å². The van der Waals surface area contributed by atoms with Crippen molar-refractivity contribution in [2.45, 2.75) is 45.4 Å². The summed E-state index contributed by atoms with van der Waals surface area (Å²) in [6.45, 7) is 1.06. The normalized spacial score (nSPS) is 9.88. The molecule has 0 aliphatic rings. The zero-order valence-electron chi connectivity index (χ0n) is 67.3. The van der Waals surface area contributed by atoms with Crippen molar-refractivity contribution >= 4 is 161 Å². The Hall–Kier alpha value is -14.2. The van der Waals surface area contributed by atoms with Gasteiger partial charge in [0.15, 0.2) is 71.3 Å². The number of nitrogens with zero attached hydrogens (tertiary/aromatic N) is 6. The smallest absolute Gasteiger partial charge is 0.417 e. The number of methoxy groups -OCH3 is 6. The molecule has 0 fully saturated rings. The van der Waals surface area contributed by atoms with Crippen molar-refractivity contribution in [1.29, 1.82) is 0 Å². The summed E-state index contributed by atoms with van der Waals surface area (Å²) in [5.74, 6) is 1.74. The van der Waals surface area contributed by atoms with Gasteiger partial charge in [-0.1, -0.05) is 135 Å². The Bertz CT molecular complexity index is 6050. The van der Waals surface area contributed by atoms with Crippen LogP contribution in [0.5, 0.6) is 0 Å². The molecule has 6 aromatic heterocycles. The number of hydrogen-bond acceptors (Lipinski definition) is 32. The van der Waals surface area contributed by atoms with Gasteiger partial charge in [0.1, 0.15) is 11.4 Å². The number of esters is 6. The second-order valence-electron chi connectivity index (χ2n) is 23.9. The fraction of sp³-hybridized carbons (Fsp3) is 0.167. The Balaban J connectivity index is 0.000000766. The molecule has 0 aliphatic carbocycles. The Morgan fingerprint density at radius 2 is 0.829 bits per heavy atom. The zero-order valence-corrected chi connectivity index (χ0v) is 72.8. The molecule has 688 valence electrons. The second kappa shape index (κ2) is 55.3. The van der Waals surface area contributed by atoms with Gasteiger partial charge in [0.2, 0.25) is 11.6 Å². The largest absolute Gasteiger partial charge is 0.477 e. The molecule has 12 rings (SSSR count). The van der Waals surface area contributed by atoms with E-state index in [4.69, 9.17) is 81.2 Å². The van der Waals surface area contributed by atoms with Crippen LogP contribution >= 0.6 is 58.8 Å². The van der Waals surface area contributed by atoms with Crippen molar-refractivity contribution in [3.05, 3.63) is 290 Å². The van der Waals surface area contributed by atoms with Crippen LogP contribution in [0.2, 0.25) is 20.1 Å². The Morgan fingerprint density at radius 1 is 0.434 bits per heavy atom. The Kier molecular flexibility index (Phi) is 48.3. The average Bonchev–Trinajstić information content (AvgIpc) is 1.68. The van der Waals surface area contributed by atoms with Gasteiger partial charge in [-0.3, -0.25) is 40.0 Å². The first-order valence-corrected chi connectivity index (χ1v) is 40.2. The highest BCUT2D eigenvalue weighted by Crippen LogP contribution is 2.30. The number of anilines is 1. The van der Waals surface area contributed by atoms with Gasteiger partial charge in [-0.05, 0) is 115 Å². The molecule has 0 bridgehead atoms. The second-order valence-corrected chi connectivity index (χ2v) is 29.6.